The number of phenolic OH excluding ortho intramolecular Hbond substituents is 1. The van der Waals surface area contributed by atoms with E-state index in [0.29, 0.717) is 48.8 Å². The van der Waals surface area contributed by atoms with Crippen molar-refractivity contribution in [3.05, 3.63) is 46.1 Å². The zero-order valence-electron chi connectivity index (χ0n) is 38.2. The molecule has 0 aliphatic heterocycles. The van der Waals surface area contributed by atoms with Crippen LogP contribution in [-0.4, -0.2) is 36.5 Å². The van der Waals surface area contributed by atoms with Crippen molar-refractivity contribution in [2.24, 2.45) is 0 Å². The zero-order chi connectivity index (χ0) is 42.6. The molecule has 332 valence electrons. The molecule has 0 amide bonds. The van der Waals surface area contributed by atoms with Crippen molar-refractivity contribution < 1.29 is 33.7 Å². The second kappa shape index (κ2) is 35.8. The largest absolute Gasteiger partial charge is 0.507 e. The van der Waals surface area contributed by atoms with Gasteiger partial charge in [0.25, 0.3) is 0 Å². The molecule has 1 rings (SSSR count). The Kier molecular flexibility index (Phi) is 32.7. The Hall–Kier alpha value is -3.09. The highest BCUT2D eigenvalue weighted by atomic mass is 16.5. The summed E-state index contributed by atoms with van der Waals surface area (Å²) < 4.78 is 17.1. The van der Waals surface area contributed by atoms with Crippen molar-refractivity contribution in [2.75, 3.05) is 7.11 Å². The first-order chi connectivity index (χ1) is 28.2. The Morgan fingerprint density at radius 2 is 1.09 bits per heavy atom. The molecule has 1 aromatic carbocycles. The first-order valence-electron chi connectivity index (χ1n) is 23.7. The molecule has 1 aromatic rings. The molecular weight excluding hydrogens is 725 g/mol. The number of hydrogen-bond donors (Lipinski definition) is 1. The van der Waals surface area contributed by atoms with Gasteiger partial charge < -0.3 is 19.3 Å². The number of carbonyl (C=O) groups excluding carboxylic acids is 3. The maximum absolute atomic E-state index is 12.8. The van der Waals surface area contributed by atoms with Gasteiger partial charge in [0.1, 0.15) is 24.2 Å². The quantitative estimate of drug-likeness (QED) is 0.0307. The lowest BCUT2D eigenvalue weighted by Gasteiger charge is -2.17. The predicted molar refractivity (Wildman–Crippen MR) is 242 cm³/mol. The molecule has 0 heterocycles. The number of rotatable bonds is 38. The molecule has 0 aliphatic rings. The number of methoxy groups -OCH3 is 1. The van der Waals surface area contributed by atoms with Crippen LogP contribution in [0.25, 0.3) is 0 Å². The molecule has 7 nitrogen and oxygen atoms in total. The molecule has 0 saturated carbocycles. The van der Waals surface area contributed by atoms with E-state index in [9.17, 15) is 19.5 Å². The highest BCUT2D eigenvalue weighted by Crippen LogP contribution is 2.35. The summed E-state index contributed by atoms with van der Waals surface area (Å²) in [6.45, 7) is 10.4. The van der Waals surface area contributed by atoms with E-state index in [-0.39, 0.29) is 36.0 Å². The molecule has 1 N–H and O–H groups in total. The number of aldehydes is 1. The maximum Gasteiger partial charge on any atom is 0.306 e. The van der Waals surface area contributed by atoms with Gasteiger partial charge in [-0.1, -0.05) is 185 Å². The van der Waals surface area contributed by atoms with E-state index in [1.54, 1.807) is 6.07 Å². The summed E-state index contributed by atoms with van der Waals surface area (Å²) in [6.07, 6.45) is 38.3. The van der Waals surface area contributed by atoms with Crippen LogP contribution in [0.15, 0.2) is 29.4 Å². The molecule has 1 atom stereocenters. The van der Waals surface area contributed by atoms with Crippen LogP contribution >= 0.6 is 0 Å². The van der Waals surface area contributed by atoms with Gasteiger partial charge in [0, 0.05) is 30.4 Å². The zero-order valence-corrected chi connectivity index (χ0v) is 38.2. The molecule has 1 unspecified atom stereocenters. The molecule has 58 heavy (non-hydrogen) atoms. The third-order valence-corrected chi connectivity index (χ3v) is 11.2. The SMILES string of the molecule is CCCCCCCCCCCCCCCC(=O)OCc1cc(OC)c(CC=C(C)CC(C=C(C)C)OC(=O)CCCCCCCCCCCCCCC)c(O)c1C=O. The van der Waals surface area contributed by atoms with E-state index in [4.69, 9.17) is 14.2 Å². The maximum atomic E-state index is 12.8. The van der Waals surface area contributed by atoms with Crippen molar-refractivity contribution >= 4 is 18.2 Å². The van der Waals surface area contributed by atoms with E-state index < -0.39 is 0 Å². The summed E-state index contributed by atoms with van der Waals surface area (Å²) in [4.78, 5) is 37.5. The van der Waals surface area contributed by atoms with Gasteiger partial charge in [-0.15, -0.1) is 0 Å². The van der Waals surface area contributed by atoms with Gasteiger partial charge in [-0.3, -0.25) is 14.4 Å². The van der Waals surface area contributed by atoms with Crippen LogP contribution in [0.4, 0.5) is 0 Å². The lowest BCUT2D eigenvalue weighted by atomic mass is 9.98. The number of carbonyl (C=O) groups is 3. The van der Waals surface area contributed by atoms with Crippen LogP contribution in [0.5, 0.6) is 11.5 Å². The number of ether oxygens (including phenoxy) is 3. The van der Waals surface area contributed by atoms with Crippen molar-refractivity contribution in [1.82, 2.24) is 0 Å². The van der Waals surface area contributed by atoms with Crippen LogP contribution in [0.2, 0.25) is 0 Å². The van der Waals surface area contributed by atoms with Crippen LogP contribution < -0.4 is 4.74 Å². The Morgan fingerprint density at radius 3 is 1.50 bits per heavy atom. The van der Waals surface area contributed by atoms with E-state index in [0.717, 1.165) is 49.7 Å². The number of aromatic hydroxyl groups is 1. The molecule has 0 spiro atoms. The van der Waals surface area contributed by atoms with Gasteiger partial charge in [-0.25, -0.2) is 0 Å². The fraction of sp³-hybridized carbons (Fsp3) is 0.745. The van der Waals surface area contributed by atoms with Crippen molar-refractivity contribution in [3.63, 3.8) is 0 Å². The topological polar surface area (TPSA) is 99.1 Å². The third-order valence-electron chi connectivity index (χ3n) is 11.2. The predicted octanol–water partition coefficient (Wildman–Crippen LogP) is 15.0. The normalized spacial score (nSPS) is 12.0. The van der Waals surface area contributed by atoms with Gasteiger partial charge in [-0.05, 0) is 52.2 Å². The molecule has 0 radical (unpaired) electrons. The highest BCUT2D eigenvalue weighted by Gasteiger charge is 2.19. The minimum Gasteiger partial charge on any atom is -0.507 e. The standard InChI is InChI=1S/C51H86O7/c1-7-9-11-13-15-17-19-21-23-25-27-29-31-33-49(53)57-41-44-39-48(56-6)46(51(55)47(44)40-52)36-35-43(5)38-45(37-42(3)4)58-50(54)34-32-30-28-26-24-22-20-18-16-14-12-10-8-2/h35,37,39-40,45,55H,7-34,36,38,41H2,1-6H3. The molecule has 7 heteroatoms. The van der Waals surface area contributed by atoms with Crippen LogP contribution in [0.3, 0.4) is 0 Å². The second-order valence-electron chi connectivity index (χ2n) is 17.0. The van der Waals surface area contributed by atoms with Crippen LogP contribution in [0, 0.1) is 0 Å². The molecule has 0 saturated heterocycles. The summed E-state index contributed by atoms with van der Waals surface area (Å²) in [5, 5.41) is 11.2. The van der Waals surface area contributed by atoms with Crippen LogP contribution in [0.1, 0.15) is 242 Å². The summed E-state index contributed by atoms with van der Waals surface area (Å²) in [6, 6.07) is 1.67. The number of esters is 2. The smallest absolute Gasteiger partial charge is 0.306 e. The molecule has 0 bridgehead atoms. The number of hydrogen-bond acceptors (Lipinski definition) is 7. The molecule has 0 aromatic heterocycles. The average Bonchev–Trinajstić information content (AvgIpc) is 3.19. The monoisotopic (exact) mass is 811 g/mol. The number of phenols is 1. The number of unbranched alkanes of at least 4 members (excludes halogenated alkanes) is 24. The summed E-state index contributed by atoms with van der Waals surface area (Å²) in [5.74, 6) is -0.239. The second-order valence-corrected chi connectivity index (χ2v) is 17.0. The summed E-state index contributed by atoms with van der Waals surface area (Å²) >= 11 is 0. The first-order valence-corrected chi connectivity index (χ1v) is 23.7. The van der Waals surface area contributed by atoms with Gasteiger partial charge in [-0.2, -0.15) is 0 Å². The molecular formula is C51H86O7. The van der Waals surface area contributed by atoms with Crippen LogP contribution in [-0.2, 0) is 32.1 Å². The number of allylic oxidation sites excluding steroid dienone is 2. The van der Waals surface area contributed by atoms with Crippen molar-refractivity contribution in [3.8, 4) is 11.5 Å². The van der Waals surface area contributed by atoms with Crippen molar-refractivity contribution in [2.45, 2.75) is 240 Å². The fourth-order valence-electron chi connectivity index (χ4n) is 7.60. The summed E-state index contributed by atoms with van der Waals surface area (Å²) in [5.41, 5.74) is 3.04. The minimum absolute atomic E-state index is 0.0973. The van der Waals surface area contributed by atoms with Gasteiger partial charge in [0.15, 0.2) is 6.29 Å². The Bertz CT molecular complexity index is 1290. The van der Waals surface area contributed by atoms with Crippen molar-refractivity contribution in [1.29, 1.82) is 0 Å². The minimum atomic E-state index is -0.381. The Morgan fingerprint density at radius 1 is 0.655 bits per heavy atom. The lowest BCUT2D eigenvalue weighted by Crippen LogP contribution is -2.17. The number of benzene rings is 1. The third kappa shape index (κ3) is 26.8. The van der Waals surface area contributed by atoms with E-state index in [2.05, 4.69) is 13.8 Å². The average molecular weight is 811 g/mol. The van der Waals surface area contributed by atoms with E-state index >= 15 is 0 Å². The summed E-state index contributed by atoms with van der Waals surface area (Å²) in [7, 11) is 1.52. The highest BCUT2D eigenvalue weighted by molar-refractivity contribution is 5.84. The molecule has 0 fully saturated rings. The van der Waals surface area contributed by atoms with Gasteiger partial charge in [0.2, 0.25) is 0 Å². The van der Waals surface area contributed by atoms with E-state index in [1.807, 2.05) is 32.9 Å². The molecule has 0 aliphatic carbocycles. The lowest BCUT2D eigenvalue weighted by molar-refractivity contribution is -0.147. The van der Waals surface area contributed by atoms with Gasteiger partial charge in [0.05, 0.1) is 12.7 Å². The first kappa shape index (κ1) is 52.9. The van der Waals surface area contributed by atoms with E-state index in [1.165, 1.54) is 136 Å². The Labute approximate surface area is 355 Å². The fourth-order valence-corrected chi connectivity index (χ4v) is 7.60. The Balaban J connectivity index is 2.52. The van der Waals surface area contributed by atoms with Gasteiger partial charge >= 0.3 is 11.9 Å².